The highest BCUT2D eigenvalue weighted by atomic mass is 127. The zero-order chi connectivity index (χ0) is 14.5. The lowest BCUT2D eigenvalue weighted by Gasteiger charge is -2.26. The van der Waals surface area contributed by atoms with Gasteiger partial charge in [-0.15, -0.1) is 0 Å². The highest BCUT2D eigenvalue weighted by molar-refractivity contribution is 14.1. The number of alkyl halides is 4. The van der Waals surface area contributed by atoms with Crippen molar-refractivity contribution in [3.63, 3.8) is 0 Å². The van der Waals surface area contributed by atoms with E-state index in [0.717, 1.165) is 6.92 Å². The molecular formula is C9H13F3INO4. The Labute approximate surface area is 115 Å². The Hall–Kier alpha value is -0.580. The van der Waals surface area contributed by atoms with Crippen LogP contribution in [0.15, 0.2) is 0 Å². The quantitative estimate of drug-likeness (QED) is 0.544. The van der Waals surface area contributed by atoms with Gasteiger partial charge in [0, 0.05) is 0 Å². The lowest BCUT2D eigenvalue weighted by molar-refractivity contribution is -0.227. The number of carbonyl (C=O) groups is 2. The van der Waals surface area contributed by atoms with Crippen LogP contribution in [0.2, 0.25) is 0 Å². The second-order valence-electron chi connectivity index (χ2n) is 3.55. The molecule has 0 aliphatic rings. The third-order valence-electron chi connectivity index (χ3n) is 2.11. The van der Waals surface area contributed by atoms with Gasteiger partial charge >= 0.3 is 12.3 Å². The molecule has 0 saturated heterocycles. The van der Waals surface area contributed by atoms with Gasteiger partial charge in [-0.1, -0.05) is 22.6 Å². The van der Waals surface area contributed by atoms with E-state index in [4.69, 9.17) is 5.11 Å². The Morgan fingerprint density at radius 3 is 2.22 bits per heavy atom. The van der Waals surface area contributed by atoms with E-state index in [-0.39, 0.29) is 4.43 Å². The molecule has 0 heterocycles. The summed E-state index contributed by atoms with van der Waals surface area (Å²) in [5, 5.41) is 10.4. The maximum Gasteiger partial charge on any atom is 0.414 e. The first-order chi connectivity index (χ1) is 8.09. The number of halogens is 4. The number of amides is 1. The summed E-state index contributed by atoms with van der Waals surface area (Å²) in [6.45, 7) is 2.01. The molecule has 9 heteroatoms. The van der Waals surface area contributed by atoms with Crippen LogP contribution >= 0.6 is 22.6 Å². The number of hydrogen-bond acceptors (Lipinski definition) is 3. The number of Topliss-reactive ketones (excluding diaryl/α,β-unsaturated/α-hetero) is 1. The topological polar surface area (TPSA) is 75.6 Å². The van der Waals surface area contributed by atoms with Gasteiger partial charge in [-0.2, -0.15) is 13.2 Å². The summed E-state index contributed by atoms with van der Waals surface area (Å²) in [6, 6.07) is -1.32. The first-order valence-corrected chi connectivity index (χ1v) is 6.42. The van der Waals surface area contributed by atoms with Gasteiger partial charge < -0.3 is 15.2 Å². The summed E-state index contributed by atoms with van der Waals surface area (Å²) in [5.41, 5.74) is 0. The largest absolute Gasteiger partial charge is 0.465 e. The minimum absolute atomic E-state index is 0.0309. The van der Waals surface area contributed by atoms with Crippen molar-refractivity contribution >= 4 is 34.5 Å². The van der Waals surface area contributed by atoms with Crippen LogP contribution in [0.3, 0.4) is 0 Å². The highest BCUT2D eigenvalue weighted by Crippen LogP contribution is 2.24. The second kappa shape index (κ2) is 7.12. The summed E-state index contributed by atoms with van der Waals surface area (Å²) >= 11 is 1.70. The molecule has 0 rings (SSSR count). The monoisotopic (exact) mass is 383 g/mol. The Morgan fingerprint density at radius 1 is 1.39 bits per heavy atom. The Kier molecular flexibility index (Phi) is 6.89. The minimum atomic E-state index is -4.56. The number of ether oxygens (including phenoxy) is 1. The van der Waals surface area contributed by atoms with Crippen molar-refractivity contribution in [2.75, 3.05) is 4.43 Å². The maximum atomic E-state index is 12.3. The fourth-order valence-corrected chi connectivity index (χ4v) is 1.63. The van der Waals surface area contributed by atoms with E-state index in [1.807, 2.05) is 5.32 Å². The van der Waals surface area contributed by atoms with Crippen molar-refractivity contribution in [1.82, 2.24) is 5.32 Å². The summed E-state index contributed by atoms with van der Waals surface area (Å²) in [4.78, 5) is 21.9. The van der Waals surface area contributed by atoms with E-state index in [2.05, 4.69) is 4.74 Å². The molecule has 2 N–H and O–H groups in total. The molecule has 0 unspecified atom stereocenters. The molecule has 5 nitrogen and oxygen atoms in total. The van der Waals surface area contributed by atoms with Gasteiger partial charge in [0.15, 0.2) is 11.9 Å². The van der Waals surface area contributed by atoms with Gasteiger partial charge in [0.05, 0.1) is 10.5 Å². The van der Waals surface area contributed by atoms with E-state index in [1.165, 1.54) is 6.92 Å². The Balaban J connectivity index is 4.71. The average Bonchev–Trinajstić information content (AvgIpc) is 2.22. The fraction of sp³-hybridized carbons (Fsp3) is 0.778. The molecule has 0 spiro atoms. The third kappa shape index (κ3) is 5.85. The van der Waals surface area contributed by atoms with Crippen molar-refractivity contribution in [3.8, 4) is 0 Å². The lowest BCUT2D eigenvalue weighted by Crippen LogP contribution is -2.50. The third-order valence-corrected chi connectivity index (χ3v) is 2.86. The number of carbonyl (C=O) groups excluding carboxylic acids is 1. The van der Waals surface area contributed by atoms with E-state index in [0.29, 0.717) is 0 Å². The summed E-state index contributed by atoms with van der Waals surface area (Å²) in [5.74, 6) is -0.542. The summed E-state index contributed by atoms with van der Waals surface area (Å²) < 4.78 is 41.4. The molecule has 0 saturated carbocycles. The Bertz CT molecular complexity index is 311. The van der Waals surface area contributed by atoms with Gasteiger partial charge in [0.25, 0.3) is 0 Å². The molecule has 106 valence electrons. The van der Waals surface area contributed by atoms with Crippen LogP contribution in [0.1, 0.15) is 13.8 Å². The summed E-state index contributed by atoms with van der Waals surface area (Å²) in [6.07, 6.45) is -9.34. The van der Waals surface area contributed by atoms with Crippen molar-refractivity contribution in [2.24, 2.45) is 0 Å². The van der Waals surface area contributed by atoms with E-state index in [9.17, 15) is 22.8 Å². The average molecular weight is 383 g/mol. The lowest BCUT2D eigenvalue weighted by atomic mass is 10.1. The zero-order valence-electron chi connectivity index (χ0n) is 9.62. The number of hydrogen-bond donors (Lipinski definition) is 2. The number of rotatable bonds is 6. The molecule has 0 radical (unpaired) electrons. The van der Waals surface area contributed by atoms with Crippen LogP contribution in [0.25, 0.3) is 0 Å². The normalized spacial score (nSPS) is 16.8. The van der Waals surface area contributed by atoms with Gasteiger partial charge in [-0.25, -0.2) is 4.79 Å². The van der Waals surface area contributed by atoms with Gasteiger partial charge in [0.2, 0.25) is 0 Å². The molecule has 0 bridgehead atoms. The van der Waals surface area contributed by atoms with Gasteiger partial charge in [0.1, 0.15) is 6.04 Å². The van der Waals surface area contributed by atoms with Crippen LogP contribution in [0, 0.1) is 0 Å². The van der Waals surface area contributed by atoms with Crippen molar-refractivity contribution < 1.29 is 32.6 Å². The molecule has 0 aromatic heterocycles. The van der Waals surface area contributed by atoms with Gasteiger partial charge in [-0.3, -0.25) is 4.79 Å². The van der Waals surface area contributed by atoms with Crippen LogP contribution in [0.4, 0.5) is 18.0 Å². The number of carboxylic acid groups (broad SMARTS) is 1. The molecule has 18 heavy (non-hydrogen) atoms. The molecule has 0 aliphatic heterocycles. The number of nitrogens with one attached hydrogen (secondary N) is 1. The molecule has 0 fully saturated rings. The predicted octanol–water partition coefficient (Wildman–Crippen LogP) is 1.98. The second-order valence-corrected chi connectivity index (χ2v) is 4.31. The molecule has 3 atom stereocenters. The minimum Gasteiger partial charge on any atom is -0.465 e. The zero-order valence-corrected chi connectivity index (χ0v) is 11.8. The standard InChI is InChI=1S/C9H13F3INO4/c1-4(18-5(2)9(10,11)12)7(6(15)3-13)14-8(16)17/h4-5,7,14H,3H2,1-2H3,(H,16,17)/t4-,5-,7+/m1/s1. The smallest absolute Gasteiger partial charge is 0.414 e. The van der Waals surface area contributed by atoms with E-state index >= 15 is 0 Å². The first-order valence-electron chi connectivity index (χ1n) is 4.90. The van der Waals surface area contributed by atoms with Crippen LogP contribution < -0.4 is 5.32 Å². The summed E-state index contributed by atoms with van der Waals surface area (Å²) in [7, 11) is 0. The SMILES string of the molecule is C[C@@H](O[C@H](C)C(F)(F)F)[C@H](NC(=O)O)C(=O)CI. The molecule has 0 aliphatic carbocycles. The maximum absolute atomic E-state index is 12.3. The van der Waals surface area contributed by atoms with Gasteiger partial charge in [-0.05, 0) is 13.8 Å². The van der Waals surface area contributed by atoms with Crippen LogP contribution in [-0.4, -0.2) is 45.8 Å². The fourth-order valence-electron chi connectivity index (χ4n) is 1.15. The Morgan fingerprint density at radius 2 is 1.89 bits per heavy atom. The van der Waals surface area contributed by atoms with Crippen molar-refractivity contribution in [3.05, 3.63) is 0 Å². The molecule has 0 aromatic rings. The van der Waals surface area contributed by atoms with E-state index in [1.54, 1.807) is 22.6 Å². The van der Waals surface area contributed by atoms with Crippen molar-refractivity contribution in [1.29, 1.82) is 0 Å². The molecular weight excluding hydrogens is 370 g/mol. The van der Waals surface area contributed by atoms with Crippen LogP contribution in [0.5, 0.6) is 0 Å². The first kappa shape index (κ1) is 17.4. The predicted molar refractivity (Wildman–Crippen MR) is 64.9 cm³/mol. The molecule has 1 amide bonds. The van der Waals surface area contributed by atoms with Crippen LogP contribution in [-0.2, 0) is 9.53 Å². The van der Waals surface area contributed by atoms with Crippen molar-refractivity contribution in [2.45, 2.75) is 38.3 Å². The number of ketones is 1. The highest BCUT2D eigenvalue weighted by Gasteiger charge is 2.40. The molecule has 0 aromatic carbocycles. The van der Waals surface area contributed by atoms with E-state index < -0.39 is 36.3 Å².